The Labute approximate surface area is 156 Å². The molecule has 1 aliphatic carbocycles. The van der Waals surface area contributed by atoms with Gasteiger partial charge in [0.25, 0.3) is 0 Å². The predicted octanol–water partition coefficient (Wildman–Crippen LogP) is 3.91. The zero-order chi connectivity index (χ0) is 21.4. The highest BCUT2D eigenvalue weighted by Gasteiger charge is 2.50. The highest BCUT2D eigenvalue weighted by Crippen LogP contribution is 2.44. The van der Waals surface area contributed by atoms with Crippen LogP contribution >= 0.6 is 0 Å². The summed E-state index contributed by atoms with van der Waals surface area (Å²) in [4.78, 5) is 11.9. The average Bonchev–Trinajstić information content (AvgIpc) is 2.56. The maximum Gasteiger partial charge on any atom is 0.534 e. The Morgan fingerprint density at radius 1 is 1.14 bits per heavy atom. The third-order valence-corrected chi connectivity index (χ3v) is 5.29. The largest absolute Gasteiger partial charge is 0.534 e. The van der Waals surface area contributed by atoms with E-state index in [1.54, 1.807) is 0 Å². The van der Waals surface area contributed by atoms with E-state index in [0.29, 0.717) is 12.1 Å². The van der Waals surface area contributed by atoms with Gasteiger partial charge >= 0.3 is 21.6 Å². The molecule has 12 heteroatoms. The summed E-state index contributed by atoms with van der Waals surface area (Å²) in [5.41, 5.74) is -6.77. The van der Waals surface area contributed by atoms with E-state index in [4.69, 9.17) is 0 Å². The summed E-state index contributed by atoms with van der Waals surface area (Å²) in [6.07, 6.45) is -1.08. The van der Waals surface area contributed by atoms with Crippen LogP contribution in [0.1, 0.15) is 31.2 Å². The first-order chi connectivity index (χ1) is 12.8. The molecule has 0 saturated heterocycles. The molecule has 0 aromatic heterocycles. The molecule has 0 radical (unpaired) electrons. The standard InChI is InChI=1S/C16H14F6O5S/c1-7-3-13(27-28(24,25)16(20,21)22)11(15(23)26-2)6-9(7)10-4-8(17)5-12(18)14(10)19/h4-5,7,9H,3,6H2,1-2H3. The van der Waals surface area contributed by atoms with Gasteiger partial charge in [-0.25, -0.2) is 18.0 Å². The molecule has 0 heterocycles. The quantitative estimate of drug-likeness (QED) is 0.237. The summed E-state index contributed by atoms with van der Waals surface area (Å²) >= 11 is 0. The number of hydrogen-bond donors (Lipinski definition) is 0. The lowest BCUT2D eigenvalue weighted by molar-refractivity contribution is -0.136. The predicted molar refractivity (Wildman–Crippen MR) is 82.6 cm³/mol. The molecule has 0 spiro atoms. The van der Waals surface area contributed by atoms with Gasteiger partial charge in [-0.1, -0.05) is 6.92 Å². The molecule has 2 unspecified atom stereocenters. The van der Waals surface area contributed by atoms with Crippen LogP contribution in [0.15, 0.2) is 23.5 Å². The Balaban J connectivity index is 2.52. The Morgan fingerprint density at radius 2 is 1.75 bits per heavy atom. The van der Waals surface area contributed by atoms with Crippen LogP contribution in [0.2, 0.25) is 0 Å². The van der Waals surface area contributed by atoms with E-state index in [9.17, 15) is 39.6 Å². The Hall–Kier alpha value is -2.24. The van der Waals surface area contributed by atoms with Gasteiger partial charge in [-0.2, -0.15) is 21.6 Å². The number of carbonyl (C=O) groups excluding carboxylic acids is 1. The monoisotopic (exact) mass is 432 g/mol. The molecule has 2 rings (SSSR count). The van der Waals surface area contributed by atoms with Crippen molar-refractivity contribution in [2.75, 3.05) is 7.11 Å². The van der Waals surface area contributed by atoms with Gasteiger partial charge in [-0.05, 0) is 29.9 Å². The minimum atomic E-state index is -6.06. The second-order valence-corrected chi connectivity index (χ2v) is 7.70. The van der Waals surface area contributed by atoms with Crippen molar-refractivity contribution < 1.29 is 48.5 Å². The number of benzene rings is 1. The van der Waals surface area contributed by atoms with Crippen molar-refractivity contribution in [2.45, 2.75) is 31.2 Å². The van der Waals surface area contributed by atoms with E-state index >= 15 is 0 Å². The summed E-state index contributed by atoms with van der Waals surface area (Å²) in [5.74, 6) is -7.83. The molecule has 0 amide bonds. The first-order valence-electron chi connectivity index (χ1n) is 7.74. The fourth-order valence-electron chi connectivity index (χ4n) is 2.94. The van der Waals surface area contributed by atoms with Crippen LogP contribution in [0.25, 0.3) is 0 Å². The first kappa shape index (κ1) is 22.1. The maximum absolute atomic E-state index is 14.1. The molecule has 1 aromatic carbocycles. The van der Waals surface area contributed by atoms with Crippen molar-refractivity contribution in [1.29, 1.82) is 0 Å². The van der Waals surface area contributed by atoms with Crippen molar-refractivity contribution in [2.24, 2.45) is 5.92 Å². The van der Waals surface area contributed by atoms with Crippen molar-refractivity contribution in [1.82, 2.24) is 0 Å². The lowest BCUT2D eigenvalue weighted by atomic mass is 9.75. The second-order valence-electron chi connectivity index (χ2n) is 6.16. The van der Waals surface area contributed by atoms with Crippen LogP contribution in [-0.2, 0) is 23.8 Å². The molecule has 0 bridgehead atoms. The van der Waals surface area contributed by atoms with Crippen LogP contribution in [0.3, 0.4) is 0 Å². The van der Waals surface area contributed by atoms with Gasteiger partial charge < -0.3 is 8.92 Å². The van der Waals surface area contributed by atoms with Gasteiger partial charge in [-0.3, -0.25) is 0 Å². The summed E-state index contributed by atoms with van der Waals surface area (Å²) in [5, 5.41) is 0. The lowest BCUT2D eigenvalue weighted by Gasteiger charge is -2.31. The normalized spacial score (nSPS) is 20.9. The average molecular weight is 432 g/mol. The summed E-state index contributed by atoms with van der Waals surface area (Å²) < 4.78 is 110. The summed E-state index contributed by atoms with van der Waals surface area (Å²) in [6.45, 7) is 1.38. The van der Waals surface area contributed by atoms with Crippen LogP contribution in [0.5, 0.6) is 0 Å². The molecule has 2 atom stereocenters. The van der Waals surface area contributed by atoms with Crippen molar-refractivity contribution >= 4 is 16.1 Å². The molecule has 1 aromatic rings. The fraction of sp³-hybridized carbons (Fsp3) is 0.438. The number of ether oxygens (including phenoxy) is 1. The third-order valence-electron chi connectivity index (χ3n) is 4.30. The highest BCUT2D eigenvalue weighted by atomic mass is 32.2. The number of halogens is 6. The number of rotatable bonds is 4. The second kappa shape index (κ2) is 7.64. The van der Waals surface area contributed by atoms with E-state index in [2.05, 4.69) is 8.92 Å². The van der Waals surface area contributed by atoms with E-state index in [1.165, 1.54) is 6.92 Å². The van der Waals surface area contributed by atoms with E-state index < -0.39 is 80.6 Å². The molecule has 1 aliphatic rings. The first-order valence-corrected chi connectivity index (χ1v) is 9.14. The zero-order valence-corrected chi connectivity index (χ0v) is 15.3. The number of methoxy groups -OCH3 is 1. The zero-order valence-electron chi connectivity index (χ0n) is 14.4. The summed E-state index contributed by atoms with van der Waals surface area (Å²) in [6, 6.07) is 1.01. The number of esters is 1. The Kier molecular flexibility index (Phi) is 6.02. The minimum Gasteiger partial charge on any atom is -0.466 e. The van der Waals surface area contributed by atoms with Gasteiger partial charge in [0, 0.05) is 12.5 Å². The van der Waals surface area contributed by atoms with Crippen molar-refractivity contribution in [3.05, 3.63) is 46.5 Å². The Morgan fingerprint density at radius 3 is 2.29 bits per heavy atom. The van der Waals surface area contributed by atoms with E-state index in [0.717, 1.165) is 7.11 Å². The van der Waals surface area contributed by atoms with Crippen LogP contribution in [-0.4, -0.2) is 27.0 Å². The fourth-order valence-corrected chi connectivity index (χ4v) is 3.47. The van der Waals surface area contributed by atoms with Crippen molar-refractivity contribution in [3.63, 3.8) is 0 Å². The molecular formula is C16H14F6O5S. The SMILES string of the molecule is COC(=O)C1=C(OS(=O)(=O)C(F)(F)F)CC(C)C(c2cc(F)cc(F)c2F)C1. The minimum absolute atomic E-state index is 0.313. The van der Waals surface area contributed by atoms with Gasteiger partial charge in [0.2, 0.25) is 0 Å². The van der Waals surface area contributed by atoms with E-state index in [-0.39, 0.29) is 0 Å². The highest BCUT2D eigenvalue weighted by molar-refractivity contribution is 7.87. The molecular weight excluding hydrogens is 418 g/mol. The van der Waals surface area contributed by atoms with Crippen molar-refractivity contribution in [3.8, 4) is 0 Å². The molecule has 0 aliphatic heterocycles. The van der Waals surface area contributed by atoms with E-state index in [1.807, 2.05) is 0 Å². The van der Waals surface area contributed by atoms with Crippen LogP contribution in [0, 0.1) is 23.4 Å². The number of hydrogen-bond acceptors (Lipinski definition) is 5. The molecule has 0 fully saturated rings. The molecule has 0 saturated carbocycles. The van der Waals surface area contributed by atoms with Crippen LogP contribution < -0.4 is 0 Å². The van der Waals surface area contributed by atoms with Crippen LogP contribution in [0.4, 0.5) is 26.3 Å². The molecule has 28 heavy (non-hydrogen) atoms. The number of carbonyl (C=O) groups is 1. The van der Waals surface area contributed by atoms with Gasteiger partial charge in [0.15, 0.2) is 11.6 Å². The van der Waals surface area contributed by atoms with Gasteiger partial charge in [-0.15, -0.1) is 0 Å². The molecule has 5 nitrogen and oxygen atoms in total. The number of allylic oxidation sites excluding steroid dienone is 1. The van der Waals surface area contributed by atoms with Gasteiger partial charge in [0.05, 0.1) is 12.7 Å². The molecule has 156 valence electrons. The number of alkyl halides is 3. The lowest BCUT2D eigenvalue weighted by Crippen LogP contribution is -2.30. The topological polar surface area (TPSA) is 69.7 Å². The molecule has 0 N–H and O–H groups in total. The summed E-state index contributed by atoms with van der Waals surface area (Å²) in [7, 11) is -5.17. The smallest absolute Gasteiger partial charge is 0.466 e. The Bertz CT molecular complexity index is 922. The third kappa shape index (κ3) is 4.26. The van der Waals surface area contributed by atoms with Gasteiger partial charge in [0.1, 0.15) is 11.6 Å². The maximum atomic E-state index is 14.1.